The zero-order chi connectivity index (χ0) is 12.3. The highest BCUT2D eigenvalue weighted by Gasteiger charge is 2.33. The van der Waals surface area contributed by atoms with E-state index >= 15 is 0 Å². The summed E-state index contributed by atoms with van der Waals surface area (Å²) in [6.45, 7) is 0.332. The molecule has 1 aliphatic heterocycles. The van der Waals surface area contributed by atoms with Crippen molar-refractivity contribution in [3.63, 3.8) is 0 Å². The number of rotatable bonds is 3. The van der Waals surface area contributed by atoms with E-state index in [1.807, 2.05) is 0 Å². The summed E-state index contributed by atoms with van der Waals surface area (Å²) in [6.07, 6.45) is 3.27. The topological polar surface area (TPSA) is 70.5 Å². The first kappa shape index (κ1) is 11.9. The minimum atomic E-state index is -0.945. The van der Waals surface area contributed by atoms with E-state index in [0.29, 0.717) is 18.1 Å². The predicted molar refractivity (Wildman–Crippen MR) is 63.5 cm³/mol. The third kappa shape index (κ3) is 2.76. The van der Waals surface area contributed by atoms with Crippen molar-refractivity contribution in [2.24, 2.45) is 0 Å². The van der Waals surface area contributed by atoms with Gasteiger partial charge in [0.1, 0.15) is 6.04 Å². The molecule has 0 saturated carbocycles. The summed E-state index contributed by atoms with van der Waals surface area (Å²) in [5.74, 6) is -0.258. The highest BCUT2D eigenvalue weighted by atomic mass is 32.2. The Morgan fingerprint density at radius 1 is 1.53 bits per heavy atom. The number of hydrogen-bond acceptors (Lipinski definition) is 4. The van der Waals surface area contributed by atoms with Crippen LogP contribution in [0.1, 0.15) is 5.56 Å². The Morgan fingerprint density at radius 3 is 2.88 bits per heavy atom. The lowest BCUT2D eigenvalue weighted by Gasteiger charge is -2.32. The number of carboxylic acid groups (broad SMARTS) is 1. The summed E-state index contributed by atoms with van der Waals surface area (Å²) < 4.78 is 0. The number of nitrogens with zero attached hydrogens (tertiary/aromatic N) is 2. The lowest BCUT2D eigenvalue weighted by molar-refractivity contribution is -0.149. The molecule has 0 spiro atoms. The summed E-state index contributed by atoms with van der Waals surface area (Å²) >= 11 is 1.37. The number of hydrogen-bond donors (Lipinski definition) is 1. The number of aliphatic carboxylic acids is 1. The van der Waals surface area contributed by atoms with E-state index in [1.165, 1.54) is 16.7 Å². The van der Waals surface area contributed by atoms with Crippen LogP contribution in [0.4, 0.5) is 0 Å². The van der Waals surface area contributed by atoms with Gasteiger partial charge in [0.15, 0.2) is 0 Å². The van der Waals surface area contributed by atoms with E-state index in [9.17, 15) is 9.59 Å². The molecule has 2 rings (SSSR count). The summed E-state index contributed by atoms with van der Waals surface area (Å²) in [5.41, 5.74) is 0.895. The zero-order valence-electron chi connectivity index (χ0n) is 9.07. The van der Waals surface area contributed by atoms with Gasteiger partial charge in [-0.15, -0.1) is 11.8 Å². The smallest absolute Gasteiger partial charge is 0.327 e. The van der Waals surface area contributed by atoms with Crippen LogP contribution in [-0.2, 0) is 16.1 Å². The Hall–Kier alpha value is -1.56. The molecule has 1 saturated heterocycles. The molecular formula is C11H12N2O3S. The van der Waals surface area contributed by atoms with Crippen LogP contribution >= 0.6 is 11.8 Å². The van der Waals surface area contributed by atoms with Crippen molar-refractivity contribution in [1.29, 1.82) is 0 Å². The molecule has 1 aromatic rings. The first-order valence-corrected chi connectivity index (χ1v) is 6.33. The quantitative estimate of drug-likeness (QED) is 0.853. The van der Waals surface area contributed by atoms with Gasteiger partial charge in [-0.05, 0) is 17.7 Å². The zero-order valence-corrected chi connectivity index (χ0v) is 9.89. The second-order valence-electron chi connectivity index (χ2n) is 3.75. The van der Waals surface area contributed by atoms with Crippen LogP contribution in [0.15, 0.2) is 24.5 Å². The molecule has 17 heavy (non-hydrogen) atoms. The second-order valence-corrected chi connectivity index (χ2v) is 4.78. The molecule has 0 bridgehead atoms. The molecule has 0 aliphatic carbocycles. The van der Waals surface area contributed by atoms with Crippen molar-refractivity contribution in [3.8, 4) is 0 Å². The third-order valence-electron chi connectivity index (χ3n) is 2.59. The maximum atomic E-state index is 11.7. The standard InChI is InChI=1S/C11H12N2O3S/c14-10-7-17-6-9(11(15)16)13(10)5-8-1-3-12-4-2-8/h1-4,9H,5-7H2,(H,15,16). The molecule has 1 fully saturated rings. The number of aromatic nitrogens is 1. The largest absolute Gasteiger partial charge is 0.480 e. The molecule has 1 aliphatic rings. The van der Waals surface area contributed by atoms with Crippen LogP contribution in [0.2, 0.25) is 0 Å². The molecule has 0 aromatic carbocycles. The van der Waals surface area contributed by atoms with Gasteiger partial charge >= 0.3 is 5.97 Å². The van der Waals surface area contributed by atoms with E-state index in [1.54, 1.807) is 24.5 Å². The molecular weight excluding hydrogens is 240 g/mol. The van der Waals surface area contributed by atoms with Crippen molar-refractivity contribution in [2.45, 2.75) is 12.6 Å². The molecule has 5 nitrogen and oxygen atoms in total. The average molecular weight is 252 g/mol. The van der Waals surface area contributed by atoms with E-state index in [-0.39, 0.29) is 5.91 Å². The van der Waals surface area contributed by atoms with Crippen molar-refractivity contribution < 1.29 is 14.7 Å². The molecule has 90 valence electrons. The summed E-state index contributed by atoms with van der Waals surface area (Å²) in [6, 6.07) is 2.84. The van der Waals surface area contributed by atoms with Crippen LogP contribution in [-0.4, -0.2) is 44.4 Å². The Bertz CT molecular complexity index is 424. The lowest BCUT2D eigenvalue weighted by atomic mass is 10.2. The third-order valence-corrected chi connectivity index (χ3v) is 3.59. The number of carbonyl (C=O) groups is 2. The van der Waals surface area contributed by atoms with Crippen molar-refractivity contribution in [3.05, 3.63) is 30.1 Å². The van der Waals surface area contributed by atoms with E-state index in [0.717, 1.165) is 5.56 Å². The number of amides is 1. The fraction of sp³-hybridized carbons (Fsp3) is 0.364. The number of pyridine rings is 1. The Kier molecular flexibility index (Phi) is 3.63. The van der Waals surface area contributed by atoms with Gasteiger partial charge in [0, 0.05) is 24.7 Å². The minimum Gasteiger partial charge on any atom is -0.480 e. The van der Waals surface area contributed by atoms with Gasteiger partial charge in [-0.1, -0.05) is 0 Å². The first-order chi connectivity index (χ1) is 8.18. The predicted octanol–water partition coefficient (Wildman–Crippen LogP) is 0.610. The van der Waals surface area contributed by atoms with E-state index in [4.69, 9.17) is 5.11 Å². The van der Waals surface area contributed by atoms with Crippen LogP contribution in [0.25, 0.3) is 0 Å². The Morgan fingerprint density at radius 2 is 2.24 bits per heavy atom. The van der Waals surface area contributed by atoms with Crippen LogP contribution in [0.3, 0.4) is 0 Å². The maximum Gasteiger partial charge on any atom is 0.327 e. The normalized spacial score (nSPS) is 20.4. The maximum absolute atomic E-state index is 11.7. The highest BCUT2D eigenvalue weighted by Crippen LogP contribution is 2.20. The molecule has 1 atom stereocenters. The average Bonchev–Trinajstić information content (AvgIpc) is 2.33. The van der Waals surface area contributed by atoms with Gasteiger partial charge in [0.05, 0.1) is 5.75 Å². The fourth-order valence-corrected chi connectivity index (χ4v) is 2.70. The minimum absolute atomic E-state index is 0.120. The van der Waals surface area contributed by atoms with Gasteiger partial charge in [-0.3, -0.25) is 9.78 Å². The lowest BCUT2D eigenvalue weighted by Crippen LogP contribution is -2.50. The summed E-state index contributed by atoms with van der Waals surface area (Å²) in [7, 11) is 0. The van der Waals surface area contributed by atoms with Gasteiger partial charge in [-0.25, -0.2) is 4.79 Å². The van der Waals surface area contributed by atoms with E-state index in [2.05, 4.69) is 4.98 Å². The summed E-state index contributed by atoms with van der Waals surface area (Å²) in [5, 5.41) is 9.08. The second kappa shape index (κ2) is 5.18. The van der Waals surface area contributed by atoms with Gasteiger partial charge < -0.3 is 10.0 Å². The monoisotopic (exact) mass is 252 g/mol. The summed E-state index contributed by atoms with van der Waals surface area (Å²) in [4.78, 5) is 28.1. The van der Waals surface area contributed by atoms with E-state index < -0.39 is 12.0 Å². The SMILES string of the molecule is O=C(O)C1CSCC(=O)N1Cc1ccncc1. The highest BCUT2D eigenvalue weighted by molar-refractivity contribution is 8.00. The Labute approximate surface area is 103 Å². The van der Waals surface area contributed by atoms with Crippen LogP contribution in [0.5, 0.6) is 0 Å². The van der Waals surface area contributed by atoms with Gasteiger partial charge in [0.2, 0.25) is 5.91 Å². The molecule has 6 heteroatoms. The fourth-order valence-electron chi connectivity index (χ4n) is 1.69. The first-order valence-electron chi connectivity index (χ1n) is 5.17. The molecule has 2 heterocycles. The van der Waals surface area contributed by atoms with Gasteiger partial charge in [0.25, 0.3) is 0 Å². The van der Waals surface area contributed by atoms with Crippen LogP contribution in [0, 0.1) is 0 Å². The molecule has 1 unspecified atom stereocenters. The van der Waals surface area contributed by atoms with Crippen LogP contribution < -0.4 is 0 Å². The van der Waals surface area contributed by atoms with Crippen molar-refractivity contribution in [2.75, 3.05) is 11.5 Å². The molecule has 1 amide bonds. The number of carbonyl (C=O) groups excluding carboxylic acids is 1. The Balaban J connectivity index is 2.15. The molecule has 0 radical (unpaired) electrons. The molecule has 1 aromatic heterocycles. The number of thioether (sulfide) groups is 1. The number of carboxylic acids is 1. The van der Waals surface area contributed by atoms with Gasteiger partial charge in [-0.2, -0.15) is 0 Å². The van der Waals surface area contributed by atoms with Crippen molar-refractivity contribution in [1.82, 2.24) is 9.88 Å². The molecule has 1 N–H and O–H groups in total. The van der Waals surface area contributed by atoms with Crippen molar-refractivity contribution >= 4 is 23.6 Å².